The van der Waals surface area contributed by atoms with E-state index in [-0.39, 0.29) is 11.3 Å². The lowest BCUT2D eigenvalue weighted by Crippen LogP contribution is -2.45. The number of hydrogen-bond donors (Lipinski definition) is 1. The molecule has 2 amide bonds. The summed E-state index contributed by atoms with van der Waals surface area (Å²) in [4.78, 5) is 14.0. The van der Waals surface area contributed by atoms with E-state index in [4.69, 9.17) is 4.74 Å². The lowest BCUT2D eigenvalue weighted by atomic mass is 9.99. The van der Waals surface area contributed by atoms with E-state index < -0.39 is 10.8 Å². The van der Waals surface area contributed by atoms with Crippen LogP contribution in [0.25, 0.3) is 0 Å². The Labute approximate surface area is 128 Å². The molecule has 0 radical (unpaired) electrons. The summed E-state index contributed by atoms with van der Waals surface area (Å²) >= 11 is 0. The van der Waals surface area contributed by atoms with Gasteiger partial charge in [-0.3, -0.25) is 4.21 Å². The third kappa shape index (κ3) is 3.75. The van der Waals surface area contributed by atoms with Crippen molar-refractivity contribution in [2.24, 2.45) is 0 Å². The van der Waals surface area contributed by atoms with Gasteiger partial charge in [0.15, 0.2) is 0 Å². The van der Waals surface area contributed by atoms with Crippen molar-refractivity contribution in [3.8, 4) is 5.75 Å². The first-order valence-corrected chi connectivity index (χ1v) is 8.64. The molecule has 2 rings (SSSR count). The number of nitrogens with one attached hydrogen (secondary N) is 1. The standard InChI is InChI=1S/C15H22N2O3S/c1-11(21(3)19)9-16-15(18)17-8-7-13-12(10-17)5-4-6-14(13)20-2/h4-6,11H,7-10H2,1-3H3,(H,16,18)/t11-,21+/m1/s1. The summed E-state index contributed by atoms with van der Waals surface area (Å²) in [5.41, 5.74) is 2.31. The summed E-state index contributed by atoms with van der Waals surface area (Å²) in [6, 6.07) is 5.83. The van der Waals surface area contributed by atoms with Crippen LogP contribution in [0.15, 0.2) is 18.2 Å². The Balaban J connectivity index is 1.98. The van der Waals surface area contributed by atoms with Gasteiger partial charge in [0.2, 0.25) is 0 Å². The summed E-state index contributed by atoms with van der Waals surface area (Å²) in [6.45, 7) is 3.56. The van der Waals surface area contributed by atoms with Crippen LogP contribution < -0.4 is 10.1 Å². The zero-order valence-corrected chi connectivity index (χ0v) is 13.5. The fourth-order valence-electron chi connectivity index (χ4n) is 2.40. The van der Waals surface area contributed by atoms with E-state index in [9.17, 15) is 9.00 Å². The summed E-state index contributed by atoms with van der Waals surface area (Å²) < 4.78 is 16.7. The molecule has 1 aliphatic heterocycles. The molecule has 1 aromatic carbocycles. The highest BCUT2D eigenvalue weighted by Gasteiger charge is 2.23. The van der Waals surface area contributed by atoms with E-state index in [1.807, 2.05) is 25.1 Å². The van der Waals surface area contributed by atoms with Gasteiger partial charge in [-0.1, -0.05) is 12.1 Å². The molecule has 0 aromatic heterocycles. The highest BCUT2D eigenvalue weighted by Crippen LogP contribution is 2.27. The molecule has 1 aromatic rings. The van der Waals surface area contributed by atoms with Gasteiger partial charge < -0.3 is 15.0 Å². The number of benzene rings is 1. The second-order valence-corrected chi connectivity index (χ2v) is 7.07. The van der Waals surface area contributed by atoms with Gasteiger partial charge in [0.05, 0.1) is 7.11 Å². The molecule has 0 saturated carbocycles. The molecule has 5 nitrogen and oxygen atoms in total. The highest BCUT2D eigenvalue weighted by atomic mass is 32.2. The molecule has 0 fully saturated rings. The first-order chi connectivity index (χ1) is 10.0. The van der Waals surface area contributed by atoms with Crippen molar-refractivity contribution in [2.45, 2.75) is 25.1 Å². The summed E-state index contributed by atoms with van der Waals surface area (Å²) in [6.07, 6.45) is 2.45. The Kier molecular flexibility index (Phi) is 5.22. The molecule has 0 saturated heterocycles. The van der Waals surface area contributed by atoms with Gasteiger partial charge in [0.25, 0.3) is 0 Å². The zero-order chi connectivity index (χ0) is 15.4. The second kappa shape index (κ2) is 6.93. The maximum absolute atomic E-state index is 12.2. The summed E-state index contributed by atoms with van der Waals surface area (Å²) in [5.74, 6) is 0.891. The van der Waals surface area contributed by atoms with Crippen molar-refractivity contribution < 1.29 is 13.7 Å². The highest BCUT2D eigenvalue weighted by molar-refractivity contribution is 7.84. The van der Waals surface area contributed by atoms with E-state index in [0.29, 0.717) is 19.6 Å². The molecule has 6 heteroatoms. The number of nitrogens with zero attached hydrogens (tertiary/aromatic N) is 1. The number of carbonyl (C=O) groups is 1. The average molecular weight is 310 g/mol. The molecular weight excluding hydrogens is 288 g/mol. The van der Waals surface area contributed by atoms with Crippen molar-refractivity contribution in [1.29, 1.82) is 0 Å². The number of ether oxygens (including phenoxy) is 1. The van der Waals surface area contributed by atoms with Gasteiger partial charge >= 0.3 is 6.03 Å². The van der Waals surface area contributed by atoms with Gasteiger partial charge in [-0.25, -0.2) is 4.79 Å². The number of carbonyl (C=O) groups excluding carboxylic acids is 1. The maximum atomic E-state index is 12.2. The molecule has 1 heterocycles. The van der Waals surface area contributed by atoms with Crippen molar-refractivity contribution in [2.75, 3.05) is 26.5 Å². The number of rotatable bonds is 4. The molecule has 0 spiro atoms. The Bertz CT molecular complexity index is 548. The van der Waals surface area contributed by atoms with Crippen LogP contribution in [-0.4, -0.2) is 46.8 Å². The predicted octanol–water partition coefficient (Wildman–Crippen LogP) is 1.53. The van der Waals surface area contributed by atoms with Crippen LogP contribution in [0.2, 0.25) is 0 Å². The van der Waals surface area contributed by atoms with Crippen LogP contribution in [-0.2, 0) is 23.8 Å². The van der Waals surface area contributed by atoms with Gasteiger partial charge in [-0.2, -0.15) is 0 Å². The summed E-state index contributed by atoms with van der Waals surface area (Å²) in [5, 5.41) is 2.82. The minimum absolute atomic E-state index is 0.0360. The number of urea groups is 1. The number of fused-ring (bicyclic) bond motifs is 1. The van der Waals surface area contributed by atoms with Crippen LogP contribution in [0.4, 0.5) is 4.79 Å². The van der Waals surface area contributed by atoms with Crippen LogP contribution >= 0.6 is 0 Å². The second-order valence-electron chi connectivity index (χ2n) is 5.26. The zero-order valence-electron chi connectivity index (χ0n) is 12.7. The molecule has 1 N–H and O–H groups in total. The van der Waals surface area contributed by atoms with Crippen LogP contribution in [0.1, 0.15) is 18.1 Å². The molecule has 116 valence electrons. The van der Waals surface area contributed by atoms with E-state index in [1.165, 1.54) is 5.56 Å². The minimum Gasteiger partial charge on any atom is -0.496 e. The van der Waals surface area contributed by atoms with Gasteiger partial charge in [0, 0.05) is 47.5 Å². The fraction of sp³-hybridized carbons (Fsp3) is 0.533. The Morgan fingerprint density at radius 1 is 1.52 bits per heavy atom. The van der Waals surface area contributed by atoms with E-state index in [0.717, 1.165) is 17.7 Å². The third-order valence-electron chi connectivity index (χ3n) is 3.84. The van der Waals surface area contributed by atoms with Crippen molar-refractivity contribution >= 4 is 16.8 Å². The van der Waals surface area contributed by atoms with E-state index >= 15 is 0 Å². The average Bonchev–Trinajstić information content (AvgIpc) is 2.50. The van der Waals surface area contributed by atoms with Crippen LogP contribution in [0, 0.1) is 0 Å². The van der Waals surface area contributed by atoms with Crippen molar-refractivity contribution in [3.63, 3.8) is 0 Å². The van der Waals surface area contributed by atoms with Crippen molar-refractivity contribution in [3.05, 3.63) is 29.3 Å². The molecule has 0 aliphatic carbocycles. The summed E-state index contributed by atoms with van der Waals surface area (Å²) in [7, 11) is 0.746. The molecule has 2 atom stereocenters. The monoisotopic (exact) mass is 310 g/mol. The topological polar surface area (TPSA) is 58.6 Å². The van der Waals surface area contributed by atoms with Gasteiger partial charge in [-0.15, -0.1) is 0 Å². The normalized spacial score (nSPS) is 16.8. The Hall–Kier alpha value is -1.56. The van der Waals surface area contributed by atoms with Crippen LogP contribution in [0.5, 0.6) is 5.75 Å². The van der Waals surface area contributed by atoms with Crippen LogP contribution in [0.3, 0.4) is 0 Å². The van der Waals surface area contributed by atoms with E-state index in [1.54, 1.807) is 18.3 Å². The van der Waals surface area contributed by atoms with Crippen molar-refractivity contribution in [1.82, 2.24) is 10.2 Å². The molecular formula is C15H22N2O3S. The SMILES string of the molecule is COc1cccc2c1CCN(C(=O)NC[C@@H](C)[S@](C)=O)C2. The predicted molar refractivity (Wildman–Crippen MR) is 84.0 cm³/mol. The Morgan fingerprint density at radius 3 is 2.95 bits per heavy atom. The van der Waals surface area contributed by atoms with Gasteiger partial charge in [0.1, 0.15) is 5.75 Å². The first-order valence-electron chi connectivity index (χ1n) is 7.02. The lowest BCUT2D eigenvalue weighted by Gasteiger charge is -2.30. The minimum atomic E-state index is -0.922. The maximum Gasteiger partial charge on any atom is 0.317 e. The number of methoxy groups -OCH3 is 1. The smallest absolute Gasteiger partial charge is 0.317 e. The van der Waals surface area contributed by atoms with Gasteiger partial charge in [-0.05, 0) is 25.0 Å². The quantitative estimate of drug-likeness (QED) is 0.917. The molecule has 21 heavy (non-hydrogen) atoms. The molecule has 0 unspecified atom stereocenters. The Morgan fingerprint density at radius 2 is 2.29 bits per heavy atom. The lowest BCUT2D eigenvalue weighted by molar-refractivity contribution is 0.192. The third-order valence-corrected chi connectivity index (χ3v) is 5.14. The number of hydrogen-bond acceptors (Lipinski definition) is 3. The molecule has 0 bridgehead atoms. The fourth-order valence-corrected chi connectivity index (χ4v) is 2.72. The molecule has 1 aliphatic rings. The van der Waals surface area contributed by atoms with E-state index in [2.05, 4.69) is 5.32 Å². The largest absolute Gasteiger partial charge is 0.496 e. The first kappa shape index (κ1) is 15.8. The number of amides is 2.